The number of hydrogen-bond donors (Lipinski definition) is 2. The number of ether oxygens (including phenoxy) is 1. The first-order valence-electron chi connectivity index (χ1n) is 7.67. The second-order valence-electron chi connectivity index (χ2n) is 5.27. The number of nitrogen functional groups attached to an aromatic ring is 1. The number of nitrogens with two attached hydrogens (primary N) is 1. The van der Waals surface area contributed by atoms with E-state index in [0.29, 0.717) is 26.4 Å². The molecular formula is C15H19N5O4S2. The van der Waals surface area contributed by atoms with E-state index in [4.69, 9.17) is 10.6 Å². The molecule has 2 aromatic rings. The third-order valence-corrected chi connectivity index (χ3v) is 5.62. The standard InChI is InChI=1S/C15H19N5O4S2/c1-5-24-14(23)11-7(2)12(8(3)21)26-13(11)17-10(22)6-25-15-19-18-9(4)20(15)16/h5-6,16H2,1-4H3,(H,17,22). The number of rotatable bonds is 7. The Morgan fingerprint density at radius 3 is 2.54 bits per heavy atom. The van der Waals surface area contributed by atoms with Crippen LogP contribution < -0.4 is 11.2 Å². The van der Waals surface area contributed by atoms with Gasteiger partial charge in [-0.05, 0) is 33.3 Å². The van der Waals surface area contributed by atoms with Crippen molar-refractivity contribution in [2.45, 2.75) is 32.9 Å². The third kappa shape index (κ3) is 4.22. The van der Waals surface area contributed by atoms with Crippen LogP contribution in [0.5, 0.6) is 0 Å². The highest BCUT2D eigenvalue weighted by Crippen LogP contribution is 2.34. The molecule has 2 aromatic heterocycles. The first-order chi connectivity index (χ1) is 12.3. The summed E-state index contributed by atoms with van der Waals surface area (Å²) >= 11 is 2.17. The van der Waals surface area contributed by atoms with Gasteiger partial charge in [-0.15, -0.1) is 21.5 Å². The molecule has 0 radical (unpaired) electrons. The Balaban J connectivity index is 2.17. The number of aryl methyl sites for hydroxylation is 1. The lowest BCUT2D eigenvalue weighted by Crippen LogP contribution is -2.18. The summed E-state index contributed by atoms with van der Waals surface area (Å²) in [7, 11) is 0. The number of carbonyl (C=O) groups excluding carboxylic acids is 3. The van der Waals surface area contributed by atoms with Crippen molar-refractivity contribution < 1.29 is 19.1 Å². The van der Waals surface area contributed by atoms with E-state index in [0.717, 1.165) is 23.1 Å². The van der Waals surface area contributed by atoms with Gasteiger partial charge in [-0.3, -0.25) is 9.59 Å². The summed E-state index contributed by atoms with van der Waals surface area (Å²) in [6, 6.07) is 0. The fourth-order valence-electron chi connectivity index (χ4n) is 2.13. The fourth-order valence-corrected chi connectivity index (χ4v) is 3.94. The Kier molecular flexibility index (Phi) is 6.37. The van der Waals surface area contributed by atoms with Crippen molar-refractivity contribution in [1.29, 1.82) is 0 Å². The Bertz CT molecular complexity index is 859. The number of nitrogens with zero attached hydrogens (tertiary/aromatic N) is 3. The van der Waals surface area contributed by atoms with Crippen LogP contribution in [0.1, 0.15) is 45.3 Å². The zero-order valence-electron chi connectivity index (χ0n) is 14.8. The maximum Gasteiger partial charge on any atom is 0.341 e. The number of ketones is 1. The Morgan fingerprint density at radius 1 is 1.31 bits per heavy atom. The topological polar surface area (TPSA) is 129 Å². The summed E-state index contributed by atoms with van der Waals surface area (Å²) in [4.78, 5) is 36.6. The van der Waals surface area contributed by atoms with Crippen molar-refractivity contribution in [3.63, 3.8) is 0 Å². The smallest absolute Gasteiger partial charge is 0.341 e. The number of aromatic nitrogens is 3. The molecule has 0 bridgehead atoms. The summed E-state index contributed by atoms with van der Waals surface area (Å²) in [6.07, 6.45) is 0. The summed E-state index contributed by atoms with van der Waals surface area (Å²) in [5.74, 6) is 5.16. The van der Waals surface area contributed by atoms with Crippen LogP contribution in [0, 0.1) is 13.8 Å². The molecule has 0 unspecified atom stereocenters. The number of nitrogens with one attached hydrogen (secondary N) is 1. The first kappa shape index (κ1) is 19.9. The lowest BCUT2D eigenvalue weighted by atomic mass is 10.1. The molecule has 26 heavy (non-hydrogen) atoms. The zero-order chi connectivity index (χ0) is 19.4. The fraction of sp³-hybridized carbons (Fsp3) is 0.400. The Morgan fingerprint density at radius 2 is 2.00 bits per heavy atom. The second-order valence-corrected chi connectivity index (χ2v) is 7.24. The van der Waals surface area contributed by atoms with Gasteiger partial charge in [0, 0.05) is 0 Å². The third-order valence-electron chi connectivity index (χ3n) is 3.37. The van der Waals surface area contributed by atoms with Gasteiger partial charge in [-0.1, -0.05) is 11.8 Å². The summed E-state index contributed by atoms with van der Waals surface area (Å²) in [6.45, 7) is 6.64. The normalized spacial score (nSPS) is 10.6. The van der Waals surface area contributed by atoms with Crippen molar-refractivity contribution >= 4 is 45.8 Å². The van der Waals surface area contributed by atoms with Gasteiger partial charge in [0.1, 0.15) is 10.8 Å². The molecule has 0 aromatic carbocycles. The molecule has 140 valence electrons. The molecule has 9 nitrogen and oxygen atoms in total. The molecule has 2 heterocycles. The van der Waals surface area contributed by atoms with Crippen molar-refractivity contribution in [3.05, 3.63) is 21.8 Å². The minimum absolute atomic E-state index is 0.0178. The Hall–Kier alpha value is -2.40. The summed E-state index contributed by atoms with van der Waals surface area (Å²) in [5.41, 5.74) is 0.708. The molecule has 0 aliphatic rings. The van der Waals surface area contributed by atoms with E-state index in [1.807, 2.05) is 0 Å². The molecular weight excluding hydrogens is 378 g/mol. The van der Waals surface area contributed by atoms with Gasteiger partial charge in [0.15, 0.2) is 5.78 Å². The zero-order valence-corrected chi connectivity index (χ0v) is 16.4. The number of carbonyl (C=O) groups is 3. The van der Waals surface area contributed by atoms with Crippen LogP contribution >= 0.6 is 23.1 Å². The van der Waals surface area contributed by atoms with Crippen LogP contribution in [0.3, 0.4) is 0 Å². The number of thiophene rings is 1. The molecule has 0 spiro atoms. The van der Waals surface area contributed by atoms with Crippen LogP contribution in [0.4, 0.5) is 5.00 Å². The van der Waals surface area contributed by atoms with E-state index in [1.165, 1.54) is 11.6 Å². The van der Waals surface area contributed by atoms with Gasteiger partial charge in [0.05, 0.1) is 22.8 Å². The number of amides is 1. The number of esters is 1. The first-order valence-corrected chi connectivity index (χ1v) is 9.47. The number of hydrogen-bond acceptors (Lipinski definition) is 9. The van der Waals surface area contributed by atoms with Gasteiger partial charge in [0.2, 0.25) is 11.1 Å². The minimum atomic E-state index is -0.575. The summed E-state index contributed by atoms with van der Waals surface area (Å²) in [5, 5.41) is 11.0. The SMILES string of the molecule is CCOC(=O)c1c(NC(=O)CSc2nnc(C)n2N)sc(C(C)=O)c1C. The van der Waals surface area contributed by atoms with E-state index in [2.05, 4.69) is 15.5 Å². The van der Waals surface area contributed by atoms with Gasteiger partial charge in [-0.2, -0.15) is 0 Å². The average Bonchev–Trinajstić information content (AvgIpc) is 3.06. The van der Waals surface area contributed by atoms with Crippen molar-refractivity contribution in [3.8, 4) is 0 Å². The maximum absolute atomic E-state index is 12.3. The molecule has 0 fully saturated rings. The summed E-state index contributed by atoms with van der Waals surface area (Å²) < 4.78 is 6.32. The lowest BCUT2D eigenvalue weighted by molar-refractivity contribution is -0.113. The average molecular weight is 397 g/mol. The highest BCUT2D eigenvalue weighted by molar-refractivity contribution is 7.99. The minimum Gasteiger partial charge on any atom is -0.462 e. The quantitative estimate of drug-likeness (QED) is 0.313. The van der Waals surface area contributed by atoms with Crippen molar-refractivity contribution in [1.82, 2.24) is 14.9 Å². The second kappa shape index (κ2) is 8.32. The molecule has 3 N–H and O–H groups in total. The lowest BCUT2D eigenvalue weighted by Gasteiger charge is -2.07. The molecule has 0 aliphatic carbocycles. The van der Waals surface area contributed by atoms with Gasteiger partial charge in [-0.25, -0.2) is 9.47 Å². The highest BCUT2D eigenvalue weighted by atomic mass is 32.2. The molecule has 11 heteroatoms. The van der Waals surface area contributed by atoms with Crippen molar-refractivity contribution in [2.75, 3.05) is 23.5 Å². The predicted octanol–water partition coefficient (Wildman–Crippen LogP) is 1.78. The van der Waals surface area contributed by atoms with Crippen LogP contribution in [-0.4, -0.2) is 44.9 Å². The number of Topliss-reactive ketones (excluding diaryl/α,β-unsaturated/α-hetero) is 1. The molecule has 1 amide bonds. The van der Waals surface area contributed by atoms with Gasteiger partial charge >= 0.3 is 5.97 Å². The monoisotopic (exact) mass is 397 g/mol. The van der Waals surface area contributed by atoms with E-state index in [1.54, 1.807) is 20.8 Å². The van der Waals surface area contributed by atoms with Crippen LogP contribution in [0.2, 0.25) is 0 Å². The molecule has 0 saturated carbocycles. The maximum atomic E-state index is 12.3. The van der Waals surface area contributed by atoms with Crippen LogP contribution in [-0.2, 0) is 9.53 Å². The van der Waals surface area contributed by atoms with Gasteiger partial charge < -0.3 is 15.9 Å². The van der Waals surface area contributed by atoms with E-state index >= 15 is 0 Å². The Labute approximate surface area is 158 Å². The van der Waals surface area contributed by atoms with Crippen LogP contribution in [0.15, 0.2) is 5.16 Å². The molecule has 0 saturated heterocycles. The molecule has 0 aliphatic heterocycles. The predicted molar refractivity (Wildman–Crippen MR) is 99.3 cm³/mol. The number of anilines is 1. The largest absolute Gasteiger partial charge is 0.462 e. The van der Waals surface area contributed by atoms with E-state index in [-0.39, 0.29) is 29.6 Å². The molecule has 2 rings (SSSR count). The van der Waals surface area contributed by atoms with Crippen molar-refractivity contribution in [2.24, 2.45) is 0 Å². The van der Waals surface area contributed by atoms with Crippen LogP contribution in [0.25, 0.3) is 0 Å². The number of thioether (sulfide) groups is 1. The van der Waals surface area contributed by atoms with Gasteiger partial charge in [0.25, 0.3) is 0 Å². The van der Waals surface area contributed by atoms with E-state index in [9.17, 15) is 14.4 Å². The van der Waals surface area contributed by atoms with E-state index < -0.39 is 5.97 Å². The highest BCUT2D eigenvalue weighted by Gasteiger charge is 2.25. The molecule has 0 atom stereocenters.